The summed E-state index contributed by atoms with van der Waals surface area (Å²) >= 11 is 1.76. The van der Waals surface area contributed by atoms with Crippen LogP contribution in [0.15, 0.2) is 30.7 Å². The highest BCUT2D eigenvalue weighted by molar-refractivity contribution is 7.18. The van der Waals surface area contributed by atoms with E-state index in [4.69, 9.17) is 14.7 Å². The molecule has 164 valence electrons. The standard InChI is InChI=1S/C22H24N8OS/c1-2-25-20-18(24-1)11-15(13-26-20)19-27-21(30-7-9-31-10-8-30)17-12-16(32-22(17)28-19)14-29-5-3-23-4-6-29/h1-2,11-13,23H,3-10,14H2. The van der Waals surface area contributed by atoms with Crippen LogP contribution in [-0.2, 0) is 11.3 Å². The van der Waals surface area contributed by atoms with Gasteiger partial charge >= 0.3 is 0 Å². The third-order valence-electron chi connectivity index (χ3n) is 5.91. The predicted molar refractivity (Wildman–Crippen MR) is 125 cm³/mol. The number of nitrogens with one attached hydrogen (secondary N) is 1. The predicted octanol–water partition coefficient (Wildman–Crippen LogP) is 1.94. The molecule has 2 aliphatic heterocycles. The first-order chi connectivity index (χ1) is 15.8. The number of nitrogens with zero attached hydrogens (tertiary/aromatic N) is 7. The molecule has 2 saturated heterocycles. The summed E-state index contributed by atoms with van der Waals surface area (Å²) in [5.74, 6) is 1.66. The Balaban J connectivity index is 1.43. The van der Waals surface area contributed by atoms with Crippen molar-refractivity contribution >= 4 is 38.5 Å². The fraction of sp³-hybridized carbons (Fsp3) is 0.409. The van der Waals surface area contributed by atoms with E-state index in [-0.39, 0.29) is 0 Å². The fourth-order valence-corrected chi connectivity index (χ4v) is 5.31. The molecule has 0 aliphatic carbocycles. The quantitative estimate of drug-likeness (QED) is 0.503. The van der Waals surface area contributed by atoms with Gasteiger partial charge < -0.3 is 15.0 Å². The number of pyridine rings is 1. The molecule has 0 saturated carbocycles. The molecule has 1 N–H and O–H groups in total. The zero-order valence-corrected chi connectivity index (χ0v) is 18.5. The first-order valence-corrected chi connectivity index (χ1v) is 11.8. The highest BCUT2D eigenvalue weighted by Gasteiger charge is 2.21. The molecule has 2 aliphatic rings. The summed E-state index contributed by atoms with van der Waals surface area (Å²) in [4.78, 5) is 30.2. The number of ether oxygens (including phenoxy) is 1. The third kappa shape index (κ3) is 3.90. The van der Waals surface area contributed by atoms with Gasteiger partial charge in [-0.15, -0.1) is 11.3 Å². The first kappa shape index (κ1) is 19.9. The van der Waals surface area contributed by atoms with Gasteiger partial charge in [0, 0.05) is 74.8 Å². The van der Waals surface area contributed by atoms with Crippen molar-refractivity contribution in [1.29, 1.82) is 0 Å². The Morgan fingerprint density at radius 2 is 1.81 bits per heavy atom. The second kappa shape index (κ2) is 8.62. The highest BCUT2D eigenvalue weighted by atomic mass is 32.1. The lowest BCUT2D eigenvalue weighted by molar-refractivity contribution is 0.122. The molecule has 0 unspecified atom stereocenters. The van der Waals surface area contributed by atoms with E-state index in [1.54, 1.807) is 29.9 Å². The van der Waals surface area contributed by atoms with Gasteiger partial charge in [0.15, 0.2) is 11.5 Å². The van der Waals surface area contributed by atoms with Crippen molar-refractivity contribution in [3.63, 3.8) is 0 Å². The van der Waals surface area contributed by atoms with Crippen LogP contribution in [0, 0.1) is 0 Å². The molecule has 2 fully saturated rings. The molecule has 32 heavy (non-hydrogen) atoms. The van der Waals surface area contributed by atoms with Crippen molar-refractivity contribution in [1.82, 2.24) is 35.1 Å². The maximum absolute atomic E-state index is 5.58. The van der Waals surface area contributed by atoms with Crippen LogP contribution in [0.25, 0.3) is 32.8 Å². The minimum absolute atomic E-state index is 0.625. The summed E-state index contributed by atoms with van der Waals surface area (Å²) in [7, 11) is 0. The fourth-order valence-electron chi connectivity index (χ4n) is 4.25. The van der Waals surface area contributed by atoms with E-state index < -0.39 is 0 Å². The molecule has 4 aromatic rings. The van der Waals surface area contributed by atoms with Crippen molar-refractivity contribution in [2.45, 2.75) is 6.54 Å². The SMILES string of the molecule is c1cnc2ncc(-c3nc(N4CCOCC4)c4cc(CN5CCNCC5)sc4n3)cc2n1. The first-order valence-electron chi connectivity index (χ1n) is 11.0. The van der Waals surface area contributed by atoms with Crippen LogP contribution in [0.5, 0.6) is 0 Å². The molecule has 10 heteroatoms. The molecule has 0 radical (unpaired) electrons. The second-order valence-corrected chi connectivity index (χ2v) is 9.17. The average Bonchev–Trinajstić information content (AvgIpc) is 3.26. The minimum Gasteiger partial charge on any atom is -0.378 e. The van der Waals surface area contributed by atoms with Gasteiger partial charge in [0.05, 0.1) is 18.6 Å². The van der Waals surface area contributed by atoms with Crippen LogP contribution in [0.3, 0.4) is 0 Å². The van der Waals surface area contributed by atoms with E-state index in [9.17, 15) is 0 Å². The van der Waals surface area contributed by atoms with Crippen LogP contribution in [0.1, 0.15) is 4.88 Å². The molecule has 4 aromatic heterocycles. The largest absolute Gasteiger partial charge is 0.378 e. The Morgan fingerprint density at radius 1 is 0.969 bits per heavy atom. The lowest BCUT2D eigenvalue weighted by Crippen LogP contribution is -2.42. The number of morpholine rings is 1. The lowest BCUT2D eigenvalue weighted by atomic mass is 10.2. The average molecular weight is 449 g/mol. The van der Waals surface area contributed by atoms with E-state index in [0.717, 1.165) is 72.9 Å². The monoisotopic (exact) mass is 448 g/mol. The molecule has 6 rings (SSSR count). The minimum atomic E-state index is 0.625. The molecule has 0 spiro atoms. The van der Waals surface area contributed by atoms with Gasteiger partial charge in [-0.2, -0.15) is 0 Å². The van der Waals surface area contributed by atoms with Gasteiger partial charge in [0.1, 0.15) is 16.2 Å². The zero-order chi connectivity index (χ0) is 21.3. The topological polar surface area (TPSA) is 92.2 Å². The number of fused-ring (bicyclic) bond motifs is 2. The van der Waals surface area contributed by atoms with Crippen molar-refractivity contribution in [2.24, 2.45) is 0 Å². The Kier molecular flexibility index (Phi) is 5.35. The van der Waals surface area contributed by atoms with Gasteiger partial charge in [-0.25, -0.2) is 19.9 Å². The van der Waals surface area contributed by atoms with Crippen molar-refractivity contribution < 1.29 is 4.74 Å². The summed E-state index contributed by atoms with van der Waals surface area (Å²) in [6.07, 6.45) is 5.12. The van der Waals surface area contributed by atoms with Crippen LogP contribution >= 0.6 is 11.3 Å². The van der Waals surface area contributed by atoms with E-state index in [2.05, 4.69) is 36.1 Å². The maximum Gasteiger partial charge on any atom is 0.178 e. The highest BCUT2D eigenvalue weighted by Crippen LogP contribution is 2.34. The molecular weight excluding hydrogens is 424 g/mol. The van der Waals surface area contributed by atoms with E-state index in [1.807, 2.05) is 6.07 Å². The summed E-state index contributed by atoms with van der Waals surface area (Å²) in [6, 6.07) is 4.25. The summed E-state index contributed by atoms with van der Waals surface area (Å²) in [5.41, 5.74) is 2.22. The van der Waals surface area contributed by atoms with E-state index in [0.29, 0.717) is 24.7 Å². The van der Waals surface area contributed by atoms with E-state index in [1.165, 1.54) is 4.88 Å². The van der Waals surface area contributed by atoms with Crippen molar-refractivity contribution in [2.75, 3.05) is 57.4 Å². The van der Waals surface area contributed by atoms with E-state index >= 15 is 0 Å². The Hall–Kier alpha value is -2.79. The van der Waals surface area contributed by atoms with Gasteiger partial charge in [0.2, 0.25) is 0 Å². The van der Waals surface area contributed by atoms with Gasteiger partial charge in [-0.3, -0.25) is 9.88 Å². The Labute approximate surface area is 189 Å². The molecule has 0 aromatic carbocycles. The number of thiophene rings is 1. The smallest absolute Gasteiger partial charge is 0.178 e. The molecular formula is C22H24N8OS. The van der Waals surface area contributed by atoms with Crippen LogP contribution in [-0.4, -0.2) is 82.3 Å². The molecule has 0 atom stereocenters. The van der Waals surface area contributed by atoms with Crippen molar-refractivity contribution in [3.05, 3.63) is 35.6 Å². The van der Waals surface area contributed by atoms with Gasteiger partial charge in [-0.05, 0) is 12.1 Å². The number of anilines is 1. The van der Waals surface area contributed by atoms with Crippen LogP contribution < -0.4 is 10.2 Å². The maximum atomic E-state index is 5.58. The summed E-state index contributed by atoms with van der Waals surface area (Å²) < 4.78 is 5.58. The number of hydrogen-bond donors (Lipinski definition) is 1. The lowest BCUT2D eigenvalue weighted by Gasteiger charge is -2.28. The zero-order valence-electron chi connectivity index (χ0n) is 17.7. The molecule has 6 heterocycles. The third-order valence-corrected chi connectivity index (χ3v) is 6.92. The Morgan fingerprint density at radius 3 is 2.69 bits per heavy atom. The number of rotatable bonds is 4. The molecule has 0 bridgehead atoms. The number of aromatic nitrogens is 5. The molecule has 0 amide bonds. The van der Waals surface area contributed by atoms with Crippen LogP contribution in [0.4, 0.5) is 5.82 Å². The summed E-state index contributed by atoms with van der Waals surface area (Å²) in [6.45, 7) is 8.28. The number of piperazine rings is 1. The van der Waals surface area contributed by atoms with Gasteiger partial charge in [-0.1, -0.05) is 0 Å². The molecule has 9 nitrogen and oxygen atoms in total. The van der Waals surface area contributed by atoms with Crippen LogP contribution in [0.2, 0.25) is 0 Å². The summed E-state index contributed by atoms with van der Waals surface area (Å²) in [5, 5.41) is 4.55. The normalized spacial score (nSPS) is 17.9. The van der Waals surface area contributed by atoms with Crippen molar-refractivity contribution in [3.8, 4) is 11.4 Å². The number of hydrogen-bond acceptors (Lipinski definition) is 10. The van der Waals surface area contributed by atoms with Gasteiger partial charge in [0.25, 0.3) is 0 Å². The second-order valence-electron chi connectivity index (χ2n) is 8.05. The Bertz CT molecular complexity index is 1250.